The number of pyridine rings is 1. The van der Waals surface area contributed by atoms with Gasteiger partial charge in [0.1, 0.15) is 22.9 Å². The van der Waals surface area contributed by atoms with Crippen LogP contribution in [0, 0.1) is 17.8 Å². The van der Waals surface area contributed by atoms with Crippen LogP contribution in [0.25, 0.3) is 0 Å². The number of aromatic nitrogens is 1. The van der Waals surface area contributed by atoms with Gasteiger partial charge in [-0.1, -0.05) is 24.8 Å². The highest BCUT2D eigenvalue weighted by molar-refractivity contribution is 7.89. The summed E-state index contributed by atoms with van der Waals surface area (Å²) in [5, 5.41) is 19.3. The number of fused-ring (bicyclic) bond motifs is 1. The van der Waals surface area contributed by atoms with Crippen LogP contribution in [0.4, 0.5) is 0 Å². The van der Waals surface area contributed by atoms with Crippen LogP contribution in [-0.4, -0.2) is 77.8 Å². The maximum Gasteiger partial charge on any atom is 0.247 e. The topological polar surface area (TPSA) is 103 Å². The van der Waals surface area contributed by atoms with Crippen molar-refractivity contribution in [3.05, 3.63) is 53.9 Å². The fourth-order valence-electron chi connectivity index (χ4n) is 3.85. The van der Waals surface area contributed by atoms with E-state index in [1.54, 1.807) is 32.2 Å². The van der Waals surface area contributed by atoms with Gasteiger partial charge in [0, 0.05) is 43.4 Å². The molecule has 0 aliphatic carbocycles. The normalized spacial score (nSPS) is 21.9. The summed E-state index contributed by atoms with van der Waals surface area (Å²) >= 11 is 0. The Bertz CT molecular complexity index is 1130. The van der Waals surface area contributed by atoms with Gasteiger partial charge >= 0.3 is 0 Å². The number of benzene rings is 1. The van der Waals surface area contributed by atoms with Crippen LogP contribution in [-0.2, 0) is 16.6 Å². The molecule has 3 rings (SSSR count). The smallest absolute Gasteiger partial charge is 0.247 e. The predicted octanol–water partition coefficient (Wildman–Crippen LogP) is 1.71. The van der Waals surface area contributed by atoms with Gasteiger partial charge in [-0.25, -0.2) is 8.42 Å². The zero-order valence-corrected chi connectivity index (χ0v) is 20.9. The van der Waals surface area contributed by atoms with E-state index in [2.05, 4.69) is 21.7 Å². The Hall–Kier alpha value is -2.48. The quantitative estimate of drug-likeness (QED) is 0.598. The van der Waals surface area contributed by atoms with Crippen molar-refractivity contribution >= 4 is 10.0 Å². The minimum Gasteiger partial charge on any atom is -0.487 e. The zero-order chi connectivity index (χ0) is 24.9. The second-order valence-corrected chi connectivity index (χ2v) is 10.7. The molecule has 0 spiro atoms. The van der Waals surface area contributed by atoms with E-state index >= 15 is 0 Å². The lowest BCUT2D eigenvalue weighted by molar-refractivity contribution is 0.0730. The summed E-state index contributed by atoms with van der Waals surface area (Å²) in [6.07, 6.45) is 0.625. The third-order valence-electron chi connectivity index (χ3n) is 5.74. The van der Waals surface area contributed by atoms with Gasteiger partial charge in [0.25, 0.3) is 0 Å². The second kappa shape index (κ2) is 11.3. The molecule has 184 valence electrons. The lowest BCUT2D eigenvalue weighted by Crippen LogP contribution is -2.49. The van der Waals surface area contributed by atoms with Crippen LogP contribution in [0.3, 0.4) is 0 Å². The van der Waals surface area contributed by atoms with Gasteiger partial charge in [-0.15, -0.1) is 0 Å². The van der Waals surface area contributed by atoms with Crippen molar-refractivity contribution in [2.45, 2.75) is 50.5 Å². The Morgan fingerprint density at radius 1 is 1.29 bits per heavy atom. The maximum atomic E-state index is 13.5. The molecule has 0 radical (unpaired) electrons. The largest absolute Gasteiger partial charge is 0.487 e. The molecule has 1 aliphatic rings. The molecule has 34 heavy (non-hydrogen) atoms. The first-order chi connectivity index (χ1) is 16.1. The molecule has 1 aliphatic heterocycles. The summed E-state index contributed by atoms with van der Waals surface area (Å²) in [6.45, 7) is 6.30. The highest BCUT2D eigenvalue weighted by Crippen LogP contribution is 2.34. The lowest BCUT2D eigenvalue weighted by atomic mass is 10.0. The standard InChI is InChI=1S/C25H33N3O5S/c1-18-14-28(19(2)17-29)34(31,32)25-11-10-21(9-8-20(3)30)13-23(25)33-24(18)16-27(4)15-22-7-5-6-12-26-22/h5-7,10-13,18-20,24,29-30H,14-17H2,1-4H3/t18-,19-,20-,24-/m1/s1. The Morgan fingerprint density at radius 2 is 2.06 bits per heavy atom. The summed E-state index contributed by atoms with van der Waals surface area (Å²) < 4.78 is 34.7. The van der Waals surface area contributed by atoms with Crippen molar-refractivity contribution in [2.24, 2.45) is 5.92 Å². The number of likely N-dealkylation sites (N-methyl/N-ethyl adjacent to an activating group) is 1. The van der Waals surface area contributed by atoms with E-state index in [-0.39, 0.29) is 35.8 Å². The number of rotatable bonds is 6. The van der Waals surface area contributed by atoms with Crippen LogP contribution >= 0.6 is 0 Å². The molecule has 2 N–H and O–H groups in total. The van der Waals surface area contributed by atoms with E-state index < -0.39 is 22.2 Å². The Kier molecular flexibility index (Phi) is 8.68. The van der Waals surface area contributed by atoms with Gasteiger partial charge in [0.15, 0.2) is 0 Å². The Balaban J connectivity index is 1.99. The molecular formula is C25H33N3O5S. The van der Waals surface area contributed by atoms with Gasteiger partial charge < -0.3 is 14.9 Å². The van der Waals surface area contributed by atoms with Crippen LogP contribution in [0.5, 0.6) is 5.75 Å². The van der Waals surface area contributed by atoms with Gasteiger partial charge in [0.2, 0.25) is 10.0 Å². The molecule has 1 aromatic carbocycles. The molecular weight excluding hydrogens is 454 g/mol. The van der Waals surface area contributed by atoms with E-state index in [1.807, 2.05) is 32.2 Å². The SMILES string of the molecule is C[C@@H]1CN([C@H](C)CO)S(=O)(=O)c2ccc(C#C[C@@H](C)O)cc2O[C@@H]1CN(C)Cc1ccccn1. The first kappa shape index (κ1) is 26.1. The van der Waals surface area contributed by atoms with Crippen LogP contribution < -0.4 is 4.74 Å². The zero-order valence-electron chi connectivity index (χ0n) is 20.0. The maximum absolute atomic E-state index is 13.5. The number of aliphatic hydroxyl groups excluding tert-OH is 2. The van der Waals surface area contributed by atoms with E-state index in [0.29, 0.717) is 18.7 Å². The number of hydrogen-bond acceptors (Lipinski definition) is 7. The van der Waals surface area contributed by atoms with Crippen molar-refractivity contribution in [3.63, 3.8) is 0 Å². The molecule has 0 saturated carbocycles. The fourth-order valence-corrected chi connectivity index (χ4v) is 5.67. The lowest BCUT2D eigenvalue weighted by Gasteiger charge is -2.37. The van der Waals surface area contributed by atoms with E-state index in [0.717, 1.165) is 5.69 Å². The number of aliphatic hydroxyl groups is 2. The number of sulfonamides is 1. The number of hydrogen-bond donors (Lipinski definition) is 2. The number of ether oxygens (including phenoxy) is 1. The predicted molar refractivity (Wildman–Crippen MR) is 130 cm³/mol. The average Bonchev–Trinajstić information content (AvgIpc) is 2.80. The van der Waals surface area contributed by atoms with Crippen LogP contribution in [0.15, 0.2) is 47.5 Å². The molecule has 2 aromatic rings. The molecule has 0 saturated heterocycles. The third kappa shape index (κ3) is 6.34. The summed E-state index contributed by atoms with van der Waals surface area (Å²) in [5.41, 5.74) is 1.48. The van der Waals surface area contributed by atoms with Gasteiger partial charge in [0.05, 0.1) is 12.3 Å². The second-order valence-electron chi connectivity index (χ2n) is 8.86. The van der Waals surface area contributed by atoms with E-state index in [4.69, 9.17) is 4.74 Å². The first-order valence-electron chi connectivity index (χ1n) is 11.3. The highest BCUT2D eigenvalue weighted by Gasteiger charge is 2.38. The molecule has 2 heterocycles. The van der Waals surface area contributed by atoms with Crippen LogP contribution in [0.1, 0.15) is 32.0 Å². The van der Waals surface area contributed by atoms with Crippen molar-refractivity contribution < 1.29 is 23.4 Å². The van der Waals surface area contributed by atoms with Gasteiger partial charge in [-0.05, 0) is 51.2 Å². The minimum absolute atomic E-state index is 0.0414. The molecule has 4 atom stereocenters. The average molecular weight is 488 g/mol. The molecule has 0 amide bonds. The summed E-state index contributed by atoms with van der Waals surface area (Å²) in [5.74, 6) is 5.59. The summed E-state index contributed by atoms with van der Waals surface area (Å²) in [4.78, 5) is 6.51. The molecule has 1 aromatic heterocycles. The van der Waals surface area contributed by atoms with Gasteiger partial charge in [-0.3, -0.25) is 9.88 Å². The fraction of sp³-hybridized carbons (Fsp3) is 0.480. The molecule has 8 nitrogen and oxygen atoms in total. The molecule has 0 fully saturated rings. The Labute approximate surface area is 202 Å². The summed E-state index contributed by atoms with van der Waals surface area (Å²) in [6, 6.07) is 9.88. The van der Waals surface area contributed by atoms with Crippen molar-refractivity contribution in [3.8, 4) is 17.6 Å². The summed E-state index contributed by atoms with van der Waals surface area (Å²) in [7, 11) is -1.94. The minimum atomic E-state index is -3.91. The van der Waals surface area contributed by atoms with Crippen molar-refractivity contribution in [1.29, 1.82) is 0 Å². The molecule has 0 unspecified atom stereocenters. The van der Waals surface area contributed by atoms with E-state index in [9.17, 15) is 18.6 Å². The Morgan fingerprint density at radius 3 is 2.71 bits per heavy atom. The van der Waals surface area contributed by atoms with Crippen molar-refractivity contribution in [2.75, 3.05) is 26.7 Å². The monoisotopic (exact) mass is 487 g/mol. The van der Waals surface area contributed by atoms with Crippen LogP contribution in [0.2, 0.25) is 0 Å². The first-order valence-corrected chi connectivity index (χ1v) is 12.8. The van der Waals surface area contributed by atoms with E-state index in [1.165, 1.54) is 10.4 Å². The number of nitrogens with zero attached hydrogens (tertiary/aromatic N) is 3. The highest BCUT2D eigenvalue weighted by atomic mass is 32.2. The molecule has 0 bridgehead atoms. The molecule has 9 heteroatoms. The van der Waals surface area contributed by atoms with Gasteiger partial charge in [-0.2, -0.15) is 4.31 Å². The third-order valence-corrected chi connectivity index (χ3v) is 7.76. The van der Waals surface area contributed by atoms with Crippen molar-refractivity contribution in [1.82, 2.24) is 14.2 Å².